The van der Waals surface area contributed by atoms with E-state index in [2.05, 4.69) is 0 Å². The molecule has 2 N–H and O–H groups in total. The predicted molar refractivity (Wildman–Crippen MR) is 111 cm³/mol. The third-order valence-electron chi connectivity index (χ3n) is 4.52. The number of carboxylic acid groups (broad SMARTS) is 1. The molecule has 2 aromatic carbocycles. The van der Waals surface area contributed by atoms with Crippen LogP contribution in [0.4, 0.5) is 4.39 Å². The summed E-state index contributed by atoms with van der Waals surface area (Å²) in [5.74, 6) is -1.44. The van der Waals surface area contributed by atoms with Gasteiger partial charge >= 0.3 is 5.97 Å². The number of nitrogens with zero attached hydrogens (tertiary/aromatic N) is 1. The van der Waals surface area contributed by atoms with Gasteiger partial charge in [0.05, 0.1) is 25.5 Å². The smallest absolute Gasteiger partial charge is 0.328 e. The minimum absolute atomic E-state index is 0.0643. The molecule has 1 heterocycles. The van der Waals surface area contributed by atoms with E-state index in [9.17, 15) is 14.3 Å². The van der Waals surface area contributed by atoms with Gasteiger partial charge in [-0.1, -0.05) is 11.6 Å². The van der Waals surface area contributed by atoms with Gasteiger partial charge < -0.3 is 24.3 Å². The van der Waals surface area contributed by atoms with Gasteiger partial charge in [-0.25, -0.2) is 9.18 Å². The van der Waals surface area contributed by atoms with Gasteiger partial charge in [0.1, 0.15) is 11.9 Å². The summed E-state index contributed by atoms with van der Waals surface area (Å²) < 4.78 is 26.9. The number of benzene rings is 2. The van der Waals surface area contributed by atoms with Crippen LogP contribution < -0.4 is 9.47 Å². The molecule has 1 unspecified atom stereocenters. The maximum Gasteiger partial charge on any atom is 0.328 e. The van der Waals surface area contributed by atoms with Crippen molar-refractivity contribution < 1.29 is 28.9 Å². The topological polar surface area (TPSA) is 80.9 Å². The quantitative estimate of drug-likeness (QED) is 0.539. The molecule has 0 aliphatic heterocycles. The van der Waals surface area contributed by atoms with Crippen molar-refractivity contribution in [3.8, 4) is 17.2 Å². The van der Waals surface area contributed by atoms with Crippen molar-refractivity contribution in [2.75, 3.05) is 14.2 Å². The Morgan fingerprint density at radius 1 is 1.20 bits per heavy atom. The van der Waals surface area contributed by atoms with E-state index in [0.717, 1.165) is 6.08 Å². The predicted octanol–water partition coefficient (Wildman–Crippen LogP) is 4.47. The van der Waals surface area contributed by atoms with Crippen LogP contribution in [0.1, 0.15) is 22.9 Å². The number of ether oxygens (including phenoxy) is 2. The van der Waals surface area contributed by atoms with Crippen LogP contribution >= 0.6 is 11.6 Å². The molecule has 0 spiro atoms. The molecule has 6 nitrogen and oxygen atoms in total. The molecular weight excluding hydrogens is 413 g/mol. The van der Waals surface area contributed by atoms with Crippen molar-refractivity contribution in [3.63, 3.8) is 0 Å². The number of aromatic nitrogens is 1. The molecule has 1 aromatic heterocycles. The summed E-state index contributed by atoms with van der Waals surface area (Å²) in [6, 6.07) is 10.8. The highest BCUT2D eigenvalue weighted by Gasteiger charge is 2.26. The number of hydrogen-bond donors (Lipinski definition) is 2. The van der Waals surface area contributed by atoms with Gasteiger partial charge in [0.25, 0.3) is 0 Å². The van der Waals surface area contributed by atoms with Crippen molar-refractivity contribution in [1.82, 2.24) is 4.57 Å². The first-order valence-electron chi connectivity index (χ1n) is 8.84. The molecule has 156 valence electrons. The number of hydrogen-bond acceptors (Lipinski definition) is 4. The van der Waals surface area contributed by atoms with Crippen LogP contribution in [0.25, 0.3) is 11.8 Å². The van der Waals surface area contributed by atoms with Crippen molar-refractivity contribution in [2.45, 2.75) is 6.10 Å². The van der Waals surface area contributed by atoms with Crippen molar-refractivity contribution in [2.24, 2.45) is 0 Å². The van der Waals surface area contributed by atoms with Crippen LogP contribution in [0, 0.1) is 5.82 Å². The van der Waals surface area contributed by atoms with E-state index in [1.165, 1.54) is 38.5 Å². The van der Waals surface area contributed by atoms with Gasteiger partial charge in [-0.2, -0.15) is 0 Å². The Hall–Kier alpha value is -3.29. The zero-order chi connectivity index (χ0) is 21.8. The van der Waals surface area contributed by atoms with E-state index in [1.54, 1.807) is 35.0 Å². The standard InChI is InChI=1S/C22H19ClFNO5/c1-29-18-9-7-16(24)20(22(18)30-2)21(28)15-12-13(23)5-8-17(15)25-11-3-4-14(25)6-10-19(26)27/h3-12,21,28H,1-2H3,(H,26,27). The second-order valence-corrected chi connectivity index (χ2v) is 6.71. The fourth-order valence-corrected chi connectivity index (χ4v) is 3.39. The SMILES string of the molecule is COc1ccc(F)c(C(O)c2cc(Cl)ccc2-n2cccc2C=CC(=O)O)c1OC. The van der Waals surface area contributed by atoms with Gasteiger partial charge in [-0.05, 0) is 48.5 Å². The Bertz CT molecular complexity index is 1110. The number of halogens is 2. The zero-order valence-corrected chi connectivity index (χ0v) is 16.9. The summed E-state index contributed by atoms with van der Waals surface area (Å²) in [5, 5.41) is 20.4. The van der Waals surface area contributed by atoms with E-state index in [1.807, 2.05) is 0 Å². The van der Waals surface area contributed by atoms with Gasteiger partial charge in [0.2, 0.25) is 0 Å². The molecule has 0 amide bonds. The minimum Gasteiger partial charge on any atom is -0.493 e. The summed E-state index contributed by atoms with van der Waals surface area (Å²) >= 11 is 6.16. The average Bonchev–Trinajstić information content (AvgIpc) is 3.19. The van der Waals surface area contributed by atoms with E-state index >= 15 is 0 Å². The second kappa shape index (κ2) is 9.02. The Balaban J connectivity index is 2.20. The van der Waals surface area contributed by atoms with E-state index in [0.29, 0.717) is 22.0 Å². The van der Waals surface area contributed by atoms with Gasteiger partial charge in [0, 0.05) is 28.6 Å². The normalized spacial score (nSPS) is 12.2. The summed E-state index contributed by atoms with van der Waals surface area (Å²) in [6.45, 7) is 0. The fraction of sp³-hybridized carbons (Fsp3) is 0.136. The van der Waals surface area contributed by atoms with Crippen LogP contribution in [-0.2, 0) is 4.79 Å². The maximum atomic E-state index is 14.7. The lowest BCUT2D eigenvalue weighted by atomic mass is 9.97. The number of carbonyl (C=O) groups is 1. The summed E-state index contributed by atoms with van der Waals surface area (Å²) in [4.78, 5) is 10.9. The molecule has 0 radical (unpaired) electrons. The second-order valence-electron chi connectivity index (χ2n) is 6.28. The Kier molecular flexibility index (Phi) is 6.44. The minimum atomic E-state index is -1.44. The third-order valence-corrected chi connectivity index (χ3v) is 4.76. The maximum absolute atomic E-state index is 14.7. The lowest BCUT2D eigenvalue weighted by Gasteiger charge is -2.21. The monoisotopic (exact) mass is 431 g/mol. The van der Waals surface area contributed by atoms with E-state index < -0.39 is 17.9 Å². The lowest BCUT2D eigenvalue weighted by molar-refractivity contribution is -0.131. The van der Waals surface area contributed by atoms with Crippen molar-refractivity contribution >= 4 is 23.6 Å². The lowest BCUT2D eigenvalue weighted by Crippen LogP contribution is -2.10. The summed E-state index contributed by atoms with van der Waals surface area (Å²) in [6.07, 6.45) is 2.67. The summed E-state index contributed by atoms with van der Waals surface area (Å²) in [5.41, 5.74) is 1.24. The molecule has 0 saturated carbocycles. The third kappa shape index (κ3) is 4.17. The molecule has 8 heteroatoms. The zero-order valence-electron chi connectivity index (χ0n) is 16.2. The van der Waals surface area contributed by atoms with Crippen molar-refractivity contribution in [1.29, 1.82) is 0 Å². The number of aliphatic carboxylic acids is 1. The first-order valence-corrected chi connectivity index (χ1v) is 9.21. The molecule has 3 rings (SSSR count). The molecular formula is C22H19ClFNO5. The van der Waals surface area contributed by atoms with E-state index in [4.69, 9.17) is 26.2 Å². The summed E-state index contributed by atoms with van der Waals surface area (Å²) in [7, 11) is 2.77. The largest absolute Gasteiger partial charge is 0.493 e. The molecule has 1 atom stereocenters. The van der Waals surface area contributed by atoms with Crippen LogP contribution in [0.5, 0.6) is 11.5 Å². The Morgan fingerprint density at radius 3 is 2.63 bits per heavy atom. The molecule has 0 fully saturated rings. The first-order chi connectivity index (χ1) is 14.4. The van der Waals surface area contributed by atoms with Gasteiger partial charge in [-0.15, -0.1) is 0 Å². The van der Waals surface area contributed by atoms with Crippen molar-refractivity contribution in [3.05, 3.63) is 82.4 Å². The number of aliphatic hydroxyl groups excluding tert-OH is 1. The highest BCUT2D eigenvalue weighted by molar-refractivity contribution is 6.30. The molecule has 3 aromatic rings. The number of methoxy groups -OCH3 is 2. The fourth-order valence-electron chi connectivity index (χ4n) is 3.21. The van der Waals surface area contributed by atoms with Gasteiger partial charge in [0.15, 0.2) is 11.5 Å². The first kappa shape index (κ1) is 21.4. The van der Waals surface area contributed by atoms with Gasteiger partial charge in [-0.3, -0.25) is 0 Å². The van der Waals surface area contributed by atoms with Crippen LogP contribution in [0.2, 0.25) is 5.02 Å². The number of aliphatic hydroxyl groups is 1. The Labute approximate surface area is 177 Å². The molecule has 0 bridgehead atoms. The molecule has 0 saturated heterocycles. The molecule has 0 aliphatic rings. The van der Waals surface area contributed by atoms with Crippen LogP contribution in [0.3, 0.4) is 0 Å². The average molecular weight is 432 g/mol. The Morgan fingerprint density at radius 2 is 1.97 bits per heavy atom. The number of rotatable bonds is 7. The molecule has 30 heavy (non-hydrogen) atoms. The number of carboxylic acids is 1. The highest BCUT2D eigenvalue weighted by Crippen LogP contribution is 2.41. The van der Waals surface area contributed by atoms with Crippen LogP contribution in [0.15, 0.2) is 54.7 Å². The van der Waals surface area contributed by atoms with E-state index in [-0.39, 0.29) is 17.1 Å². The molecule has 0 aliphatic carbocycles. The highest BCUT2D eigenvalue weighted by atomic mass is 35.5. The van der Waals surface area contributed by atoms with Crippen LogP contribution in [-0.4, -0.2) is 35.0 Å².